The molecule has 0 radical (unpaired) electrons. The number of hydrogen-bond donors (Lipinski definition) is 2. The molecule has 2 N–H and O–H groups in total. The molecule has 2 amide bonds. The zero-order valence-electron chi connectivity index (χ0n) is 25.6. The Morgan fingerprint density at radius 1 is 0.775 bits per heavy atom. The van der Waals surface area contributed by atoms with Crippen LogP contribution in [0, 0.1) is 0 Å². The van der Waals surface area contributed by atoms with E-state index in [0.717, 1.165) is 22.5 Å². The van der Waals surface area contributed by atoms with Crippen LogP contribution in [-0.2, 0) is 48.7 Å². The van der Waals surface area contributed by atoms with Gasteiger partial charge in [-0.25, -0.2) is 9.59 Å². The van der Waals surface area contributed by atoms with Crippen LogP contribution >= 0.6 is 0 Å². The SMILES string of the molecule is CC(C)(O)Cn1cc2c(n1)CN(C(=O)OC(C)(C)C)C2.CC(C)(O)Cn1ncc2c1CN(C(=O)OC(C)(C)C)C2. The highest BCUT2D eigenvalue weighted by molar-refractivity contribution is 5.69. The molecule has 12 heteroatoms. The summed E-state index contributed by atoms with van der Waals surface area (Å²) in [6.45, 7) is 20.9. The lowest BCUT2D eigenvalue weighted by Gasteiger charge is -2.24. The van der Waals surface area contributed by atoms with Gasteiger partial charge in [-0.3, -0.25) is 19.2 Å². The van der Waals surface area contributed by atoms with Crippen LogP contribution in [0.4, 0.5) is 9.59 Å². The second-order valence-corrected chi connectivity index (χ2v) is 13.9. The van der Waals surface area contributed by atoms with Crippen molar-refractivity contribution in [1.29, 1.82) is 0 Å². The second kappa shape index (κ2) is 11.0. The highest BCUT2D eigenvalue weighted by Gasteiger charge is 2.32. The molecule has 224 valence electrons. The van der Waals surface area contributed by atoms with Crippen LogP contribution in [-0.4, -0.2) is 74.2 Å². The summed E-state index contributed by atoms with van der Waals surface area (Å²) in [5, 5.41) is 28.3. The number of carbonyl (C=O) groups is 2. The molecule has 0 atom stereocenters. The number of nitrogens with zero attached hydrogens (tertiary/aromatic N) is 6. The first-order valence-corrected chi connectivity index (χ1v) is 13.6. The Bertz CT molecular complexity index is 1180. The van der Waals surface area contributed by atoms with E-state index >= 15 is 0 Å². The highest BCUT2D eigenvalue weighted by Crippen LogP contribution is 2.26. The van der Waals surface area contributed by atoms with E-state index in [4.69, 9.17) is 9.47 Å². The van der Waals surface area contributed by atoms with E-state index in [9.17, 15) is 19.8 Å². The predicted molar refractivity (Wildman–Crippen MR) is 148 cm³/mol. The van der Waals surface area contributed by atoms with Crippen molar-refractivity contribution in [3.63, 3.8) is 0 Å². The molecule has 2 aliphatic heterocycles. The molecule has 12 nitrogen and oxygen atoms in total. The molecular formula is C28H46N6O6. The number of fused-ring (bicyclic) bond motifs is 2. The quantitative estimate of drug-likeness (QED) is 0.574. The minimum absolute atomic E-state index is 0.315. The summed E-state index contributed by atoms with van der Waals surface area (Å²) in [7, 11) is 0. The Balaban J connectivity index is 0.000000220. The van der Waals surface area contributed by atoms with Crippen molar-refractivity contribution < 1.29 is 29.3 Å². The van der Waals surface area contributed by atoms with E-state index in [2.05, 4.69) is 10.2 Å². The molecule has 0 aliphatic carbocycles. The molecule has 2 aromatic rings. The van der Waals surface area contributed by atoms with Gasteiger partial charge < -0.3 is 19.7 Å². The van der Waals surface area contributed by atoms with Gasteiger partial charge in [0.2, 0.25) is 0 Å². The van der Waals surface area contributed by atoms with Gasteiger partial charge in [0.15, 0.2) is 0 Å². The summed E-state index contributed by atoms with van der Waals surface area (Å²) < 4.78 is 14.2. The van der Waals surface area contributed by atoms with Crippen LogP contribution in [0.1, 0.15) is 91.8 Å². The van der Waals surface area contributed by atoms with Crippen molar-refractivity contribution >= 4 is 12.2 Å². The van der Waals surface area contributed by atoms with E-state index < -0.39 is 22.4 Å². The number of ether oxygens (including phenoxy) is 2. The van der Waals surface area contributed by atoms with Crippen LogP contribution in [0.15, 0.2) is 12.4 Å². The normalized spacial score (nSPS) is 15.4. The molecule has 0 fully saturated rings. The average Bonchev–Trinajstić information content (AvgIpc) is 3.44. The summed E-state index contributed by atoms with van der Waals surface area (Å²) in [6, 6.07) is 0. The molecule has 0 bridgehead atoms. The summed E-state index contributed by atoms with van der Waals surface area (Å²) in [5.74, 6) is 0. The Morgan fingerprint density at radius 2 is 1.27 bits per heavy atom. The number of hydrogen-bond acceptors (Lipinski definition) is 8. The van der Waals surface area contributed by atoms with Crippen molar-refractivity contribution in [2.45, 2.75) is 131 Å². The van der Waals surface area contributed by atoms with Crippen molar-refractivity contribution in [1.82, 2.24) is 29.4 Å². The van der Waals surface area contributed by atoms with Gasteiger partial charge in [0.05, 0.1) is 68.1 Å². The Hall–Kier alpha value is -3.12. The maximum atomic E-state index is 12.0. The van der Waals surface area contributed by atoms with Crippen LogP contribution < -0.4 is 0 Å². The fraction of sp³-hybridized carbons (Fsp3) is 0.714. The lowest BCUT2D eigenvalue weighted by molar-refractivity contribution is 0.0225. The van der Waals surface area contributed by atoms with Gasteiger partial charge in [-0.2, -0.15) is 10.2 Å². The van der Waals surface area contributed by atoms with E-state index in [-0.39, 0.29) is 12.2 Å². The monoisotopic (exact) mass is 562 g/mol. The third kappa shape index (κ3) is 9.22. The lowest BCUT2D eigenvalue weighted by Crippen LogP contribution is -2.34. The van der Waals surface area contributed by atoms with Gasteiger partial charge in [-0.1, -0.05) is 0 Å². The van der Waals surface area contributed by atoms with Crippen LogP contribution in [0.2, 0.25) is 0 Å². The van der Waals surface area contributed by atoms with E-state index in [1.165, 1.54) is 0 Å². The van der Waals surface area contributed by atoms with Gasteiger partial charge in [-0.15, -0.1) is 0 Å². The van der Waals surface area contributed by atoms with E-state index in [1.54, 1.807) is 53.1 Å². The third-order valence-electron chi connectivity index (χ3n) is 5.75. The summed E-state index contributed by atoms with van der Waals surface area (Å²) in [4.78, 5) is 27.3. The summed E-state index contributed by atoms with van der Waals surface area (Å²) >= 11 is 0. The van der Waals surface area contributed by atoms with Gasteiger partial charge in [0, 0.05) is 17.3 Å². The van der Waals surface area contributed by atoms with Gasteiger partial charge >= 0.3 is 12.2 Å². The fourth-order valence-electron chi connectivity index (χ4n) is 4.31. The highest BCUT2D eigenvalue weighted by atomic mass is 16.6. The Labute approximate surface area is 236 Å². The maximum absolute atomic E-state index is 12.0. The lowest BCUT2D eigenvalue weighted by atomic mass is 10.1. The van der Waals surface area contributed by atoms with Crippen LogP contribution in [0.25, 0.3) is 0 Å². The molecular weight excluding hydrogens is 516 g/mol. The molecule has 0 spiro atoms. The molecule has 4 heterocycles. The zero-order valence-corrected chi connectivity index (χ0v) is 25.6. The standard InChI is InChI=1S/2C14H23N3O3/c1-13(2,3)20-12(18)16-6-10-7-17(9-14(4,5)19)15-11(10)8-16;1-13(2,3)20-12(18)16-7-10-6-15-17(11(10)8-16)9-14(4,5)19/h7,19H,6,8-9H2,1-5H3;6,19H,7-9H2,1-5H3. The Morgan fingerprint density at radius 3 is 1.75 bits per heavy atom. The smallest absolute Gasteiger partial charge is 0.410 e. The van der Waals surface area contributed by atoms with Crippen molar-refractivity contribution in [2.75, 3.05) is 0 Å². The van der Waals surface area contributed by atoms with Crippen molar-refractivity contribution in [2.24, 2.45) is 0 Å². The van der Waals surface area contributed by atoms with Gasteiger partial charge in [0.25, 0.3) is 0 Å². The number of aliphatic hydroxyl groups is 2. The fourth-order valence-corrected chi connectivity index (χ4v) is 4.31. The minimum atomic E-state index is -0.834. The molecule has 0 saturated carbocycles. The second-order valence-electron chi connectivity index (χ2n) is 13.9. The maximum Gasteiger partial charge on any atom is 0.410 e. The first-order chi connectivity index (χ1) is 18.1. The topological polar surface area (TPSA) is 135 Å². The van der Waals surface area contributed by atoms with Gasteiger partial charge in [0.1, 0.15) is 11.2 Å². The zero-order chi connectivity index (χ0) is 30.3. The summed E-state index contributed by atoms with van der Waals surface area (Å²) in [5.41, 5.74) is 1.26. The predicted octanol–water partition coefficient (Wildman–Crippen LogP) is 3.81. The molecule has 40 heavy (non-hydrogen) atoms. The average molecular weight is 563 g/mol. The van der Waals surface area contributed by atoms with Crippen molar-refractivity contribution in [3.8, 4) is 0 Å². The van der Waals surface area contributed by atoms with Crippen LogP contribution in [0.3, 0.4) is 0 Å². The summed E-state index contributed by atoms with van der Waals surface area (Å²) in [6.07, 6.45) is 3.01. The number of rotatable bonds is 4. The first kappa shape index (κ1) is 31.4. The molecule has 4 rings (SSSR count). The molecule has 0 aromatic carbocycles. The van der Waals surface area contributed by atoms with Crippen molar-refractivity contribution in [3.05, 3.63) is 34.9 Å². The molecule has 0 unspecified atom stereocenters. The first-order valence-electron chi connectivity index (χ1n) is 13.6. The van der Waals surface area contributed by atoms with E-state index in [1.807, 2.05) is 47.7 Å². The minimum Gasteiger partial charge on any atom is -0.444 e. The van der Waals surface area contributed by atoms with E-state index in [0.29, 0.717) is 39.3 Å². The van der Waals surface area contributed by atoms with Gasteiger partial charge in [-0.05, 0) is 69.2 Å². The number of amides is 2. The van der Waals surface area contributed by atoms with Crippen LogP contribution in [0.5, 0.6) is 0 Å². The third-order valence-corrected chi connectivity index (χ3v) is 5.75. The number of carbonyl (C=O) groups excluding carboxylic acids is 2. The molecule has 2 aliphatic rings. The molecule has 0 saturated heterocycles. The Kier molecular flexibility index (Phi) is 8.67. The molecule has 2 aromatic heterocycles. The largest absolute Gasteiger partial charge is 0.444 e. The number of aromatic nitrogens is 4.